The van der Waals surface area contributed by atoms with E-state index < -0.39 is 10.0 Å². The molecular weight excluding hydrogens is 394 g/mol. The number of sulfonamides is 1. The molecule has 0 unspecified atom stereocenters. The fraction of sp³-hybridized carbons (Fsp3) is 0.294. The molecule has 0 spiro atoms. The molecule has 2 rings (SSSR count). The van der Waals surface area contributed by atoms with Crippen molar-refractivity contribution >= 4 is 26.0 Å². The fourth-order valence-corrected chi connectivity index (χ4v) is 3.91. The van der Waals surface area contributed by atoms with Crippen LogP contribution in [0.4, 0.5) is 0 Å². The summed E-state index contributed by atoms with van der Waals surface area (Å²) in [6.45, 7) is 1.93. The molecule has 0 fully saturated rings. The highest BCUT2D eigenvalue weighted by Crippen LogP contribution is 2.30. The molecule has 0 saturated carbocycles. The molecule has 0 aliphatic carbocycles. The first-order valence-electron chi connectivity index (χ1n) is 7.41. The summed E-state index contributed by atoms with van der Waals surface area (Å²) < 4.78 is 39.4. The largest absolute Gasteiger partial charge is 0.493 e. The van der Waals surface area contributed by atoms with E-state index in [9.17, 15) is 8.42 Å². The fourth-order valence-electron chi connectivity index (χ4n) is 2.32. The van der Waals surface area contributed by atoms with Crippen molar-refractivity contribution in [2.75, 3.05) is 14.2 Å². The van der Waals surface area contributed by atoms with Crippen LogP contribution < -0.4 is 14.2 Å². The van der Waals surface area contributed by atoms with Crippen LogP contribution in [0.25, 0.3) is 0 Å². The van der Waals surface area contributed by atoms with Crippen LogP contribution in [0.15, 0.2) is 51.8 Å². The summed E-state index contributed by atoms with van der Waals surface area (Å²) in [5.41, 5.74) is 0.907. The third-order valence-corrected chi connectivity index (χ3v) is 5.64. The van der Waals surface area contributed by atoms with Gasteiger partial charge >= 0.3 is 0 Å². The van der Waals surface area contributed by atoms with Crippen molar-refractivity contribution in [1.82, 2.24) is 4.72 Å². The zero-order valence-electron chi connectivity index (χ0n) is 13.7. The van der Waals surface area contributed by atoms with Gasteiger partial charge < -0.3 is 9.47 Å². The maximum atomic E-state index is 12.7. The van der Waals surface area contributed by atoms with Crippen molar-refractivity contribution in [2.45, 2.75) is 24.3 Å². The van der Waals surface area contributed by atoms with Crippen molar-refractivity contribution < 1.29 is 17.9 Å². The van der Waals surface area contributed by atoms with E-state index in [1.165, 1.54) is 26.4 Å². The topological polar surface area (TPSA) is 64.6 Å². The van der Waals surface area contributed by atoms with Gasteiger partial charge in [0.05, 0.1) is 19.1 Å². The Bertz CT molecular complexity index is 791. The Balaban J connectivity index is 2.30. The number of methoxy groups -OCH3 is 2. The molecule has 5 nitrogen and oxygen atoms in total. The lowest BCUT2D eigenvalue weighted by atomic mass is 10.1. The summed E-state index contributed by atoms with van der Waals surface area (Å²) in [6, 6.07) is 11.8. The van der Waals surface area contributed by atoms with Gasteiger partial charge in [0, 0.05) is 16.6 Å². The molecule has 0 bridgehead atoms. The second-order valence-electron chi connectivity index (χ2n) is 5.15. The third kappa shape index (κ3) is 4.28. The van der Waals surface area contributed by atoms with E-state index >= 15 is 0 Å². The van der Waals surface area contributed by atoms with Gasteiger partial charge in [0.25, 0.3) is 0 Å². The van der Waals surface area contributed by atoms with Gasteiger partial charge in [-0.1, -0.05) is 35.0 Å². The molecule has 0 radical (unpaired) electrons. The molecule has 1 atom stereocenters. The number of hydrogen-bond acceptors (Lipinski definition) is 4. The summed E-state index contributed by atoms with van der Waals surface area (Å²) in [5, 5.41) is 0. The average molecular weight is 414 g/mol. The second-order valence-corrected chi connectivity index (χ2v) is 7.78. The SMILES string of the molecule is CC[C@H](NS(=O)(=O)c1ccc(OC)c(OC)c1)c1ccc(Br)cc1. The van der Waals surface area contributed by atoms with Gasteiger partial charge in [-0.3, -0.25) is 0 Å². The average Bonchev–Trinajstić information content (AvgIpc) is 2.59. The Labute approximate surface area is 151 Å². The zero-order chi connectivity index (χ0) is 17.7. The van der Waals surface area contributed by atoms with Crippen molar-refractivity contribution in [3.63, 3.8) is 0 Å². The van der Waals surface area contributed by atoms with Crippen LogP contribution in [-0.4, -0.2) is 22.6 Å². The van der Waals surface area contributed by atoms with Gasteiger partial charge in [0.15, 0.2) is 11.5 Å². The predicted molar refractivity (Wildman–Crippen MR) is 97.0 cm³/mol. The van der Waals surface area contributed by atoms with Crippen LogP contribution in [-0.2, 0) is 10.0 Å². The Morgan fingerprint density at radius 2 is 1.67 bits per heavy atom. The highest BCUT2D eigenvalue weighted by Gasteiger charge is 2.21. The van der Waals surface area contributed by atoms with Crippen LogP contribution in [0.5, 0.6) is 11.5 Å². The van der Waals surface area contributed by atoms with Crippen molar-refractivity contribution in [3.05, 3.63) is 52.5 Å². The number of hydrogen-bond donors (Lipinski definition) is 1. The zero-order valence-corrected chi connectivity index (χ0v) is 16.1. The number of rotatable bonds is 7. The van der Waals surface area contributed by atoms with Gasteiger partial charge in [-0.25, -0.2) is 13.1 Å². The minimum Gasteiger partial charge on any atom is -0.493 e. The molecule has 2 aromatic rings. The first-order valence-corrected chi connectivity index (χ1v) is 9.68. The van der Waals surface area contributed by atoms with Crippen LogP contribution >= 0.6 is 15.9 Å². The van der Waals surface area contributed by atoms with Gasteiger partial charge in [0.1, 0.15) is 0 Å². The van der Waals surface area contributed by atoms with Crippen molar-refractivity contribution in [3.8, 4) is 11.5 Å². The van der Waals surface area contributed by atoms with E-state index in [1.54, 1.807) is 6.07 Å². The summed E-state index contributed by atoms with van der Waals surface area (Å²) in [7, 11) is -0.709. The first-order chi connectivity index (χ1) is 11.4. The summed E-state index contributed by atoms with van der Waals surface area (Å²) in [6.07, 6.45) is 0.633. The Kier molecular flexibility index (Phi) is 6.26. The standard InChI is InChI=1S/C17H20BrNO4S/c1-4-15(12-5-7-13(18)8-6-12)19-24(20,21)14-9-10-16(22-2)17(11-14)23-3/h5-11,15,19H,4H2,1-3H3/t15-/m0/s1. The molecule has 0 saturated heterocycles. The van der Waals surface area contributed by atoms with E-state index in [-0.39, 0.29) is 10.9 Å². The molecule has 24 heavy (non-hydrogen) atoms. The van der Waals surface area contributed by atoms with E-state index in [4.69, 9.17) is 9.47 Å². The number of benzene rings is 2. The van der Waals surface area contributed by atoms with E-state index in [2.05, 4.69) is 20.7 Å². The lowest BCUT2D eigenvalue weighted by Gasteiger charge is -2.18. The van der Waals surface area contributed by atoms with Crippen LogP contribution in [0, 0.1) is 0 Å². The molecule has 0 aliphatic rings. The molecular formula is C17H20BrNO4S. The Morgan fingerprint density at radius 3 is 2.21 bits per heavy atom. The van der Waals surface area contributed by atoms with E-state index in [1.807, 2.05) is 31.2 Å². The van der Waals surface area contributed by atoms with Gasteiger partial charge in [0.2, 0.25) is 10.0 Å². The smallest absolute Gasteiger partial charge is 0.241 e. The maximum absolute atomic E-state index is 12.7. The summed E-state index contributed by atoms with van der Waals surface area (Å²) >= 11 is 3.38. The molecule has 0 aliphatic heterocycles. The molecule has 1 N–H and O–H groups in total. The van der Waals surface area contributed by atoms with Crippen LogP contribution in [0.1, 0.15) is 24.9 Å². The predicted octanol–water partition coefficient (Wildman–Crippen LogP) is 3.90. The monoisotopic (exact) mass is 413 g/mol. The van der Waals surface area contributed by atoms with Gasteiger partial charge in [-0.2, -0.15) is 0 Å². The minimum absolute atomic E-state index is 0.135. The molecule has 0 amide bonds. The lowest BCUT2D eigenvalue weighted by molar-refractivity contribution is 0.354. The van der Waals surface area contributed by atoms with Gasteiger partial charge in [-0.05, 0) is 36.2 Å². The highest BCUT2D eigenvalue weighted by molar-refractivity contribution is 9.10. The first kappa shape index (κ1) is 18.8. The van der Waals surface area contributed by atoms with Crippen LogP contribution in [0.3, 0.4) is 0 Å². The van der Waals surface area contributed by atoms with Crippen LogP contribution in [0.2, 0.25) is 0 Å². The molecule has 130 valence electrons. The summed E-state index contributed by atoms with van der Waals surface area (Å²) in [4.78, 5) is 0.135. The van der Waals surface area contributed by atoms with Gasteiger partial charge in [-0.15, -0.1) is 0 Å². The molecule has 7 heteroatoms. The minimum atomic E-state index is -3.68. The molecule has 2 aromatic carbocycles. The maximum Gasteiger partial charge on any atom is 0.241 e. The van der Waals surface area contributed by atoms with Crippen molar-refractivity contribution in [2.24, 2.45) is 0 Å². The lowest BCUT2D eigenvalue weighted by Crippen LogP contribution is -2.28. The molecule has 0 aromatic heterocycles. The second kappa shape index (κ2) is 8.00. The summed E-state index contributed by atoms with van der Waals surface area (Å²) in [5.74, 6) is 0.855. The normalized spacial score (nSPS) is 12.7. The Hall–Kier alpha value is -1.57. The number of halogens is 1. The van der Waals surface area contributed by atoms with E-state index in [0.29, 0.717) is 17.9 Å². The molecule has 0 heterocycles. The third-order valence-electron chi connectivity index (χ3n) is 3.64. The number of ether oxygens (including phenoxy) is 2. The van der Waals surface area contributed by atoms with E-state index in [0.717, 1.165) is 10.0 Å². The highest BCUT2D eigenvalue weighted by atomic mass is 79.9. The Morgan fingerprint density at radius 1 is 1.04 bits per heavy atom. The quantitative estimate of drug-likeness (QED) is 0.747. The van der Waals surface area contributed by atoms with Crippen molar-refractivity contribution in [1.29, 1.82) is 0 Å². The number of nitrogens with one attached hydrogen (secondary N) is 1.